The number of benzene rings is 1. The van der Waals surface area contributed by atoms with Gasteiger partial charge in [-0.3, -0.25) is 4.79 Å². The van der Waals surface area contributed by atoms with Crippen molar-refractivity contribution < 1.29 is 19.4 Å². The van der Waals surface area contributed by atoms with Crippen LogP contribution in [0.2, 0.25) is 0 Å². The third-order valence-electron chi connectivity index (χ3n) is 6.59. The number of ether oxygens (including phenoxy) is 1. The molecule has 0 atom stereocenters. The standard InChI is InChI=1S/C21H27NO4/c1-22(11-13-2-4-18(5-3-13)26-12-19(23)24)21(25)20-16-7-14-6-15(9-16)10-17(20)8-14/h2-5,14-17,20H,6-12H2,1H3,(H,23,24). The highest BCUT2D eigenvalue weighted by atomic mass is 16.5. The van der Waals surface area contributed by atoms with E-state index in [9.17, 15) is 9.59 Å². The predicted molar refractivity (Wildman–Crippen MR) is 96.6 cm³/mol. The van der Waals surface area contributed by atoms with Crippen molar-refractivity contribution in [1.82, 2.24) is 4.90 Å². The Morgan fingerprint density at radius 2 is 1.62 bits per heavy atom. The third kappa shape index (κ3) is 3.44. The molecule has 4 bridgehead atoms. The molecule has 0 radical (unpaired) electrons. The molecule has 0 saturated heterocycles. The van der Waals surface area contributed by atoms with Crippen molar-refractivity contribution in [3.05, 3.63) is 29.8 Å². The first kappa shape index (κ1) is 17.4. The molecule has 5 rings (SSSR count). The van der Waals surface area contributed by atoms with Crippen LogP contribution >= 0.6 is 0 Å². The van der Waals surface area contributed by atoms with Crippen molar-refractivity contribution in [1.29, 1.82) is 0 Å². The van der Waals surface area contributed by atoms with E-state index >= 15 is 0 Å². The second-order valence-electron chi connectivity index (χ2n) is 8.48. The molecular formula is C21H27NO4. The molecule has 5 nitrogen and oxygen atoms in total. The molecule has 1 aromatic carbocycles. The molecule has 4 aliphatic rings. The van der Waals surface area contributed by atoms with Crippen LogP contribution in [-0.4, -0.2) is 35.5 Å². The van der Waals surface area contributed by atoms with E-state index in [1.54, 1.807) is 12.1 Å². The molecule has 140 valence electrons. The summed E-state index contributed by atoms with van der Waals surface area (Å²) in [6.45, 7) is 0.241. The van der Waals surface area contributed by atoms with Gasteiger partial charge >= 0.3 is 5.97 Å². The summed E-state index contributed by atoms with van der Waals surface area (Å²) in [5.41, 5.74) is 1.03. The lowest BCUT2D eigenvalue weighted by atomic mass is 9.51. The van der Waals surface area contributed by atoms with Gasteiger partial charge in [-0.05, 0) is 73.5 Å². The fraction of sp³-hybridized carbons (Fsp3) is 0.619. The summed E-state index contributed by atoms with van der Waals surface area (Å²) in [6, 6.07) is 7.33. The van der Waals surface area contributed by atoms with Crippen molar-refractivity contribution in [3.8, 4) is 5.75 Å². The van der Waals surface area contributed by atoms with Crippen LogP contribution in [0.15, 0.2) is 24.3 Å². The maximum Gasteiger partial charge on any atom is 0.341 e. The number of carboxylic acid groups (broad SMARTS) is 1. The van der Waals surface area contributed by atoms with E-state index in [4.69, 9.17) is 9.84 Å². The molecule has 0 aliphatic heterocycles. The van der Waals surface area contributed by atoms with E-state index in [-0.39, 0.29) is 12.5 Å². The van der Waals surface area contributed by atoms with Crippen molar-refractivity contribution in [2.75, 3.05) is 13.7 Å². The molecule has 4 aliphatic carbocycles. The van der Waals surface area contributed by atoms with Crippen LogP contribution in [0.4, 0.5) is 0 Å². The molecule has 1 aromatic rings. The number of carbonyl (C=O) groups is 2. The summed E-state index contributed by atoms with van der Waals surface area (Å²) >= 11 is 0. The Bertz CT molecular complexity index is 656. The van der Waals surface area contributed by atoms with Crippen LogP contribution in [0.1, 0.15) is 37.7 Å². The van der Waals surface area contributed by atoms with Gasteiger partial charge in [0.25, 0.3) is 0 Å². The van der Waals surface area contributed by atoms with Gasteiger partial charge in [0.15, 0.2) is 6.61 Å². The Kier molecular flexibility index (Phi) is 4.63. The summed E-state index contributed by atoms with van der Waals surface area (Å²) in [6.07, 6.45) is 6.43. The quantitative estimate of drug-likeness (QED) is 0.849. The molecule has 0 spiro atoms. The summed E-state index contributed by atoms with van der Waals surface area (Å²) in [5.74, 6) is 3.05. The van der Waals surface area contributed by atoms with Gasteiger partial charge in [0, 0.05) is 19.5 Å². The zero-order valence-corrected chi connectivity index (χ0v) is 15.3. The van der Waals surface area contributed by atoms with Gasteiger partial charge in [-0.25, -0.2) is 4.79 Å². The van der Waals surface area contributed by atoms with E-state index < -0.39 is 5.97 Å². The first-order valence-electron chi connectivity index (χ1n) is 9.68. The lowest BCUT2D eigenvalue weighted by molar-refractivity contribution is -0.148. The third-order valence-corrected chi connectivity index (χ3v) is 6.59. The molecule has 4 fully saturated rings. The van der Waals surface area contributed by atoms with Gasteiger partial charge < -0.3 is 14.7 Å². The van der Waals surface area contributed by atoms with Crippen molar-refractivity contribution in [3.63, 3.8) is 0 Å². The zero-order chi connectivity index (χ0) is 18.3. The Hall–Kier alpha value is -2.04. The Balaban J connectivity index is 1.36. The van der Waals surface area contributed by atoms with Crippen LogP contribution < -0.4 is 4.74 Å². The van der Waals surface area contributed by atoms with Crippen LogP contribution in [0.3, 0.4) is 0 Å². The highest BCUT2D eigenvalue weighted by Crippen LogP contribution is 2.56. The van der Waals surface area contributed by atoms with Crippen molar-refractivity contribution in [2.45, 2.75) is 38.6 Å². The molecule has 0 aromatic heterocycles. The average Bonchev–Trinajstić information content (AvgIpc) is 2.60. The minimum atomic E-state index is -0.991. The monoisotopic (exact) mass is 357 g/mol. The summed E-state index contributed by atoms with van der Waals surface area (Å²) in [4.78, 5) is 25.5. The van der Waals surface area contributed by atoms with Crippen LogP contribution in [-0.2, 0) is 16.1 Å². The number of carboxylic acids is 1. The number of hydrogen-bond acceptors (Lipinski definition) is 3. The van der Waals surface area contributed by atoms with E-state index in [1.807, 2.05) is 24.1 Å². The van der Waals surface area contributed by atoms with Gasteiger partial charge in [0.2, 0.25) is 5.91 Å². The zero-order valence-electron chi connectivity index (χ0n) is 15.3. The SMILES string of the molecule is CN(Cc1ccc(OCC(=O)O)cc1)C(=O)C1C2CC3CC(C2)CC1C3. The molecule has 26 heavy (non-hydrogen) atoms. The molecule has 0 heterocycles. The summed E-state index contributed by atoms with van der Waals surface area (Å²) in [7, 11) is 1.90. The molecular weight excluding hydrogens is 330 g/mol. The van der Waals surface area contributed by atoms with E-state index in [0.717, 1.165) is 17.4 Å². The smallest absolute Gasteiger partial charge is 0.341 e. The fourth-order valence-corrected chi connectivity index (χ4v) is 5.77. The van der Waals surface area contributed by atoms with Crippen LogP contribution in [0.5, 0.6) is 5.75 Å². The van der Waals surface area contributed by atoms with Gasteiger partial charge in [-0.2, -0.15) is 0 Å². The van der Waals surface area contributed by atoms with E-state index in [0.29, 0.717) is 30.0 Å². The largest absolute Gasteiger partial charge is 0.482 e. The maximum atomic E-state index is 13.1. The maximum absolute atomic E-state index is 13.1. The predicted octanol–water partition coefficient (Wildman–Crippen LogP) is 3.18. The fourth-order valence-electron chi connectivity index (χ4n) is 5.77. The topological polar surface area (TPSA) is 66.8 Å². The number of aliphatic carboxylic acids is 1. The van der Waals surface area contributed by atoms with Gasteiger partial charge in [0.05, 0.1) is 0 Å². The second-order valence-corrected chi connectivity index (χ2v) is 8.48. The van der Waals surface area contributed by atoms with Crippen LogP contribution in [0.25, 0.3) is 0 Å². The van der Waals surface area contributed by atoms with E-state index in [2.05, 4.69) is 0 Å². The average molecular weight is 357 g/mol. The highest BCUT2D eigenvalue weighted by Gasteiger charge is 2.51. The van der Waals surface area contributed by atoms with Crippen molar-refractivity contribution in [2.24, 2.45) is 29.6 Å². The first-order valence-corrected chi connectivity index (χ1v) is 9.68. The van der Waals surface area contributed by atoms with Gasteiger partial charge in [-0.1, -0.05) is 12.1 Å². The highest BCUT2D eigenvalue weighted by molar-refractivity contribution is 5.79. The second kappa shape index (κ2) is 6.93. The van der Waals surface area contributed by atoms with Crippen molar-refractivity contribution >= 4 is 11.9 Å². The van der Waals surface area contributed by atoms with Gasteiger partial charge in [-0.15, -0.1) is 0 Å². The summed E-state index contributed by atoms with van der Waals surface area (Å²) in [5, 5.41) is 8.65. The van der Waals surface area contributed by atoms with E-state index in [1.165, 1.54) is 32.1 Å². The molecule has 1 amide bonds. The Labute approximate surface area is 154 Å². The minimum Gasteiger partial charge on any atom is -0.482 e. The molecule has 4 saturated carbocycles. The lowest BCUT2D eigenvalue weighted by Gasteiger charge is -2.54. The number of carbonyl (C=O) groups excluding carboxylic acids is 1. The number of hydrogen-bond donors (Lipinski definition) is 1. The Morgan fingerprint density at radius 3 is 2.15 bits per heavy atom. The van der Waals surface area contributed by atoms with Gasteiger partial charge in [0.1, 0.15) is 5.75 Å². The van der Waals surface area contributed by atoms with Crippen LogP contribution in [0, 0.1) is 29.6 Å². The summed E-state index contributed by atoms with van der Waals surface area (Å²) < 4.78 is 5.15. The molecule has 5 heteroatoms. The lowest BCUT2D eigenvalue weighted by Crippen LogP contribution is -2.51. The number of nitrogens with zero attached hydrogens (tertiary/aromatic N) is 1. The number of amides is 1. The Morgan fingerprint density at radius 1 is 1.04 bits per heavy atom. The first-order chi connectivity index (χ1) is 12.5. The normalized spacial score (nSPS) is 31.7. The minimum absolute atomic E-state index is 0.228. The molecule has 0 unspecified atom stereocenters. The molecule has 1 N–H and O–H groups in total. The number of rotatable bonds is 6.